The van der Waals surface area contributed by atoms with Crippen LogP contribution in [0.2, 0.25) is 0 Å². The monoisotopic (exact) mass is 581 g/mol. The standard InChI is InChI=1S/C28H49N3O5.C4H10O/c1-5-6-7-8-9-10-11-12-13-14-15-16-17-18-26(33)30-35-21-24-22(2)27(34-4)28(36-24)31-20-19-25(32)29-23(31)3;1-4(2,3)5/h19-20,22,24,27-28H,3,5-18,21H2,1-2,4H3,(H,29,32)(H,30,33);5H,1-3H3. The summed E-state index contributed by atoms with van der Waals surface area (Å²) in [5.41, 5.74) is 2.05. The summed E-state index contributed by atoms with van der Waals surface area (Å²) in [5.74, 6) is 0.146. The summed E-state index contributed by atoms with van der Waals surface area (Å²) in [5, 5.41) is 11.2. The van der Waals surface area contributed by atoms with E-state index in [-0.39, 0.29) is 36.5 Å². The van der Waals surface area contributed by atoms with Crippen LogP contribution in [-0.2, 0) is 23.9 Å². The van der Waals surface area contributed by atoms with Crippen molar-refractivity contribution >= 4 is 11.8 Å². The van der Waals surface area contributed by atoms with Gasteiger partial charge in [-0.2, -0.15) is 0 Å². The first-order valence-corrected chi connectivity index (χ1v) is 15.8. The molecule has 0 spiro atoms. The van der Waals surface area contributed by atoms with Crippen LogP contribution in [0.1, 0.15) is 125 Å². The lowest BCUT2D eigenvalue weighted by Crippen LogP contribution is -2.46. The number of methoxy groups -OCH3 is 1. The summed E-state index contributed by atoms with van der Waals surface area (Å²) >= 11 is 0. The molecule has 0 aromatic rings. The van der Waals surface area contributed by atoms with E-state index in [2.05, 4.69) is 24.3 Å². The highest BCUT2D eigenvalue weighted by atomic mass is 16.7. The third-order valence-electron chi connectivity index (χ3n) is 7.15. The van der Waals surface area contributed by atoms with Gasteiger partial charge in [0, 0.05) is 31.7 Å². The number of amides is 2. The predicted octanol–water partition coefficient (Wildman–Crippen LogP) is 6.09. The van der Waals surface area contributed by atoms with Crippen LogP contribution in [0.15, 0.2) is 24.7 Å². The van der Waals surface area contributed by atoms with Crippen LogP contribution in [0.3, 0.4) is 0 Å². The summed E-state index contributed by atoms with van der Waals surface area (Å²) in [6.07, 6.45) is 19.3. The van der Waals surface area contributed by atoms with Gasteiger partial charge in [0.15, 0.2) is 6.23 Å². The maximum atomic E-state index is 12.1. The van der Waals surface area contributed by atoms with Crippen molar-refractivity contribution in [2.75, 3.05) is 13.7 Å². The molecule has 4 atom stereocenters. The first-order valence-electron chi connectivity index (χ1n) is 15.8. The van der Waals surface area contributed by atoms with E-state index in [9.17, 15) is 9.59 Å². The Kier molecular flexibility index (Phi) is 18.9. The van der Waals surface area contributed by atoms with E-state index in [4.69, 9.17) is 19.4 Å². The molecule has 4 unspecified atom stereocenters. The first kappa shape index (κ1) is 37.1. The molecule has 2 rings (SSSR count). The Morgan fingerprint density at radius 3 is 2.05 bits per heavy atom. The molecular weight excluding hydrogens is 522 g/mol. The molecule has 0 aromatic carbocycles. The number of ether oxygens (including phenoxy) is 2. The SMILES string of the molecule is C=C1NC(=O)C=CN1C1OC(CONC(=O)CCCCCCCCCCCCCCC)C(C)C1OC.CC(C)(C)O. The maximum Gasteiger partial charge on any atom is 0.250 e. The van der Waals surface area contributed by atoms with E-state index < -0.39 is 11.8 Å². The van der Waals surface area contributed by atoms with Crippen molar-refractivity contribution in [2.45, 2.75) is 149 Å². The fourth-order valence-corrected chi connectivity index (χ4v) is 4.88. The minimum absolute atomic E-state index is 0.0248. The highest BCUT2D eigenvalue weighted by Gasteiger charge is 2.45. The number of carbonyl (C=O) groups is 2. The van der Waals surface area contributed by atoms with E-state index in [1.165, 1.54) is 76.7 Å². The smallest absolute Gasteiger partial charge is 0.250 e. The minimum atomic E-state index is -0.500. The number of hydroxylamine groups is 1. The highest BCUT2D eigenvalue weighted by Crippen LogP contribution is 2.33. The van der Waals surface area contributed by atoms with Gasteiger partial charge in [-0.05, 0) is 27.2 Å². The van der Waals surface area contributed by atoms with E-state index in [0.717, 1.165) is 12.8 Å². The second kappa shape index (κ2) is 20.9. The van der Waals surface area contributed by atoms with Gasteiger partial charge in [0.25, 0.3) is 5.91 Å². The Morgan fingerprint density at radius 1 is 1.05 bits per heavy atom. The van der Waals surface area contributed by atoms with Gasteiger partial charge < -0.3 is 24.8 Å². The van der Waals surface area contributed by atoms with Gasteiger partial charge in [0.1, 0.15) is 18.5 Å². The average Bonchev–Trinajstić information content (AvgIpc) is 3.20. The molecule has 2 amide bonds. The maximum absolute atomic E-state index is 12.1. The zero-order valence-corrected chi connectivity index (χ0v) is 26.7. The van der Waals surface area contributed by atoms with Crippen molar-refractivity contribution in [2.24, 2.45) is 5.92 Å². The molecule has 0 radical (unpaired) electrons. The number of carbonyl (C=O) groups excluding carboxylic acids is 2. The fraction of sp³-hybridized carbons (Fsp3) is 0.812. The molecule has 9 nitrogen and oxygen atoms in total. The molecular formula is C32H59N3O6. The predicted molar refractivity (Wildman–Crippen MR) is 163 cm³/mol. The van der Waals surface area contributed by atoms with E-state index in [1.807, 2.05) is 6.92 Å². The number of rotatable bonds is 19. The summed E-state index contributed by atoms with van der Waals surface area (Å²) in [6, 6.07) is 0. The van der Waals surface area contributed by atoms with E-state index in [0.29, 0.717) is 12.2 Å². The molecule has 1 fully saturated rings. The van der Waals surface area contributed by atoms with E-state index >= 15 is 0 Å². The third-order valence-corrected chi connectivity index (χ3v) is 7.15. The lowest BCUT2D eigenvalue weighted by molar-refractivity contribution is -0.139. The van der Waals surface area contributed by atoms with Gasteiger partial charge in [-0.25, -0.2) is 5.48 Å². The Hall–Kier alpha value is -1.94. The fourth-order valence-electron chi connectivity index (χ4n) is 4.88. The average molecular weight is 582 g/mol. The van der Waals surface area contributed by atoms with Crippen LogP contribution in [0.5, 0.6) is 0 Å². The number of unbranched alkanes of at least 4 members (excludes halogenated alkanes) is 12. The number of hydrogen-bond donors (Lipinski definition) is 3. The zero-order chi connectivity index (χ0) is 30.7. The Bertz CT molecular complexity index is 776. The van der Waals surface area contributed by atoms with Gasteiger partial charge in [-0.15, -0.1) is 0 Å². The normalized spacial score (nSPS) is 22.4. The van der Waals surface area contributed by atoms with Crippen molar-refractivity contribution in [3.8, 4) is 0 Å². The molecule has 238 valence electrons. The minimum Gasteiger partial charge on any atom is -0.391 e. The quantitative estimate of drug-likeness (QED) is 0.125. The van der Waals surface area contributed by atoms with Crippen LogP contribution in [0.4, 0.5) is 0 Å². The summed E-state index contributed by atoms with van der Waals surface area (Å²) in [6.45, 7) is 13.6. The number of nitrogens with zero attached hydrogens (tertiary/aromatic N) is 1. The van der Waals surface area contributed by atoms with Crippen LogP contribution in [0.25, 0.3) is 0 Å². The van der Waals surface area contributed by atoms with Crippen molar-refractivity contribution in [1.29, 1.82) is 0 Å². The highest BCUT2D eigenvalue weighted by molar-refractivity contribution is 5.89. The van der Waals surface area contributed by atoms with Crippen LogP contribution < -0.4 is 10.8 Å². The largest absolute Gasteiger partial charge is 0.391 e. The van der Waals surface area contributed by atoms with Gasteiger partial charge in [0.05, 0.1) is 11.7 Å². The molecule has 41 heavy (non-hydrogen) atoms. The molecule has 0 saturated carbocycles. The molecule has 2 aliphatic rings. The second-order valence-corrected chi connectivity index (χ2v) is 12.3. The molecule has 0 aromatic heterocycles. The third kappa shape index (κ3) is 16.9. The van der Waals surface area contributed by atoms with Gasteiger partial charge in [-0.3, -0.25) is 14.4 Å². The van der Waals surface area contributed by atoms with Gasteiger partial charge >= 0.3 is 0 Å². The molecule has 0 bridgehead atoms. The van der Waals surface area contributed by atoms with Crippen molar-refractivity contribution in [3.63, 3.8) is 0 Å². The number of aliphatic hydroxyl groups is 1. The van der Waals surface area contributed by atoms with Gasteiger partial charge in [-0.1, -0.05) is 97.5 Å². The number of hydrogen-bond acceptors (Lipinski definition) is 7. The summed E-state index contributed by atoms with van der Waals surface area (Å²) < 4.78 is 11.8. The van der Waals surface area contributed by atoms with Crippen LogP contribution in [-0.4, -0.2) is 59.6 Å². The number of nitrogens with one attached hydrogen (secondary N) is 2. The lowest BCUT2D eigenvalue weighted by Gasteiger charge is -2.33. The second-order valence-electron chi connectivity index (χ2n) is 12.3. The van der Waals surface area contributed by atoms with Crippen molar-refractivity contribution in [1.82, 2.24) is 15.7 Å². The molecule has 3 N–H and O–H groups in total. The molecule has 0 aliphatic carbocycles. The summed E-state index contributed by atoms with van der Waals surface area (Å²) in [4.78, 5) is 30.9. The van der Waals surface area contributed by atoms with Gasteiger partial charge in [0.2, 0.25) is 5.91 Å². The summed E-state index contributed by atoms with van der Waals surface area (Å²) in [7, 11) is 1.63. The zero-order valence-electron chi connectivity index (χ0n) is 26.7. The Balaban J connectivity index is 0.00000154. The Morgan fingerprint density at radius 2 is 1.56 bits per heavy atom. The lowest BCUT2D eigenvalue weighted by atomic mass is 10.0. The first-order chi connectivity index (χ1) is 19.5. The topological polar surface area (TPSA) is 109 Å². The molecule has 2 heterocycles. The molecule has 9 heteroatoms. The van der Waals surface area contributed by atoms with Crippen LogP contribution >= 0.6 is 0 Å². The van der Waals surface area contributed by atoms with Crippen molar-refractivity contribution in [3.05, 3.63) is 24.7 Å². The van der Waals surface area contributed by atoms with Crippen molar-refractivity contribution < 1.29 is 29.0 Å². The Labute approximate surface area is 249 Å². The van der Waals surface area contributed by atoms with E-state index in [1.54, 1.807) is 39.0 Å². The molecule has 2 aliphatic heterocycles. The molecule has 1 saturated heterocycles. The van der Waals surface area contributed by atoms with Crippen LogP contribution in [0, 0.1) is 5.92 Å².